The van der Waals surface area contributed by atoms with Gasteiger partial charge in [-0.3, -0.25) is 4.79 Å². The first-order valence-electron chi connectivity index (χ1n) is 6.27. The van der Waals surface area contributed by atoms with E-state index in [4.69, 9.17) is 9.47 Å². The largest absolute Gasteiger partial charge is 0.390 e. The maximum Gasteiger partial charge on any atom is 0.249 e. The summed E-state index contributed by atoms with van der Waals surface area (Å²) in [5.74, 6) is 0.236. The first-order valence-corrected chi connectivity index (χ1v) is 6.27. The van der Waals surface area contributed by atoms with Crippen molar-refractivity contribution in [1.82, 2.24) is 5.32 Å². The minimum Gasteiger partial charge on any atom is -0.390 e. The Kier molecular flexibility index (Phi) is 6.01. The van der Waals surface area contributed by atoms with Gasteiger partial charge in [0.15, 0.2) is 6.29 Å². The van der Waals surface area contributed by atoms with Gasteiger partial charge in [-0.05, 0) is 12.3 Å². The molecule has 3 N–H and O–H groups in total. The second-order valence-corrected chi connectivity index (χ2v) is 5.00. The van der Waals surface area contributed by atoms with E-state index in [0.29, 0.717) is 12.5 Å². The van der Waals surface area contributed by atoms with Crippen molar-refractivity contribution in [2.75, 3.05) is 13.7 Å². The fourth-order valence-electron chi connectivity index (χ4n) is 1.80. The molecule has 1 saturated heterocycles. The molecule has 0 aromatic rings. The lowest BCUT2D eigenvalue weighted by molar-refractivity contribution is -0.253. The van der Waals surface area contributed by atoms with Gasteiger partial charge >= 0.3 is 0 Å². The standard InChI is InChI=1S/C12H23NO5/c1-7(2)4-5-13-11(16)9-6-8(14)10(15)12(17-3)18-9/h7-10,12,14-15H,4-6H2,1-3H3,(H,13,16). The number of methoxy groups -OCH3 is 1. The fraction of sp³-hybridized carbons (Fsp3) is 0.917. The average Bonchev–Trinajstić information content (AvgIpc) is 2.31. The highest BCUT2D eigenvalue weighted by atomic mass is 16.7. The van der Waals surface area contributed by atoms with Gasteiger partial charge in [-0.15, -0.1) is 0 Å². The van der Waals surface area contributed by atoms with Crippen LogP contribution in [0.4, 0.5) is 0 Å². The van der Waals surface area contributed by atoms with Crippen LogP contribution in [0, 0.1) is 5.92 Å². The van der Waals surface area contributed by atoms with E-state index in [1.165, 1.54) is 7.11 Å². The minimum atomic E-state index is -1.12. The fourth-order valence-corrected chi connectivity index (χ4v) is 1.80. The summed E-state index contributed by atoms with van der Waals surface area (Å²) >= 11 is 0. The van der Waals surface area contributed by atoms with Crippen molar-refractivity contribution in [3.63, 3.8) is 0 Å². The Balaban J connectivity index is 2.43. The van der Waals surface area contributed by atoms with Crippen molar-refractivity contribution >= 4 is 5.91 Å². The van der Waals surface area contributed by atoms with Crippen LogP contribution in [0.1, 0.15) is 26.7 Å². The second-order valence-electron chi connectivity index (χ2n) is 5.00. The van der Waals surface area contributed by atoms with E-state index in [0.717, 1.165) is 6.42 Å². The molecule has 0 aromatic carbocycles. The van der Waals surface area contributed by atoms with Crippen LogP contribution in [0.15, 0.2) is 0 Å². The van der Waals surface area contributed by atoms with E-state index in [1.807, 2.05) is 0 Å². The monoisotopic (exact) mass is 261 g/mol. The Morgan fingerprint density at radius 3 is 2.72 bits per heavy atom. The normalized spacial score (nSPS) is 32.6. The maximum absolute atomic E-state index is 11.8. The summed E-state index contributed by atoms with van der Waals surface area (Å²) in [6.07, 6.45) is -2.90. The van der Waals surface area contributed by atoms with Crippen LogP contribution in [0.25, 0.3) is 0 Å². The van der Waals surface area contributed by atoms with Crippen LogP contribution in [0.3, 0.4) is 0 Å². The third-order valence-corrected chi connectivity index (χ3v) is 2.97. The number of carbonyl (C=O) groups is 1. The van der Waals surface area contributed by atoms with Crippen molar-refractivity contribution < 1.29 is 24.5 Å². The Labute approximate surface area is 107 Å². The van der Waals surface area contributed by atoms with Crippen LogP contribution in [-0.4, -0.2) is 54.4 Å². The van der Waals surface area contributed by atoms with E-state index in [9.17, 15) is 15.0 Å². The van der Waals surface area contributed by atoms with Crippen LogP contribution in [0.2, 0.25) is 0 Å². The maximum atomic E-state index is 11.8. The molecule has 1 heterocycles. The highest BCUT2D eigenvalue weighted by Gasteiger charge is 2.39. The minimum absolute atomic E-state index is 0.0779. The van der Waals surface area contributed by atoms with Crippen LogP contribution < -0.4 is 5.32 Å². The Hall–Kier alpha value is -0.690. The Bertz CT molecular complexity index is 271. The molecule has 0 aliphatic carbocycles. The molecule has 1 aliphatic rings. The lowest BCUT2D eigenvalue weighted by atomic mass is 10.0. The molecule has 0 spiro atoms. The summed E-state index contributed by atoms with van der Waals surface area (Å²) < 4.78 is 10.2. The van der Waals surface area contributed by atoms with Gasteiger partial charge in [0.05, 0.1) is 6.10 Å². The second kappa shape index (κ2) is 7.04. The van der Waals surface area contributed by atoms with Gasteiger partial charge in [-0.2, -0.15) is 0 Å². The van der Waals surface area contributed by atoms with Crippen LogP contribution in [-0.2, 0) is 14.3 Å². The number of ether oxygens (including phenoxy) is 2. The zero-order valence-electron chi connectivity index (χ0n) is 11.1. The summed E-state index contributed by atoms with van der Waals surface area (Å²) in [5, 5.41) is 21.9. The van der Waals surface area contributed by atoms with Gasteiger partial charge in [0.2, 0.25) is 5.91 Å². The van der Waals surface area contributed by atoms with Crippen molar-refractivity contribution in [3.05, 3.63) is 0 Å². The highest BCUT2D eigenvalue weighted by molar-refractivity contribution is 5.80. The number of aliphatic hydroxyl groups is 2. The summed E-state index contributed by atoms with van der Waals surface area (Å²) in [7, 11) is 1.36. The van der Waals surface area contributed by atoms with Crippen LogP contribution >= 0.6 is 0 Å². The van der Waals surface area contributed by atoms with Crippen molar-refractivity contribution in [1.29, 1.82) is 0 Å². The summed E-state index contributed by atoms with van der Waals surface area (Å²) in [4.78, 5) is 11.8. The molecule has 0 radical (unpaired) electrons. The molecule has 4 atom stereocenters. The van der Waals surface area contributed by atoms with E-state index >= 15 is 0 Å². The molecule has 1 amide bonds. The first-order chi connectivity index (χ1) is 8.45. The van der Waals surface area contributed by atoms with Gasteiger partial charge in [-0.1, -0.05) is 13.8 Å². The topological polar surface area (TPSA) is 88.0 Å². The summed E-state index contributed by atoms with van der Waals surface area (Å²) in [6, 6.07) is 0. The molecule has 0 saturated carbocycles. The molecule has 106 valence electrons. The van der Waals surface area contributed by atoms with E-state index < -0.39 is 24.6 Å². The third-order valence-electron chi connectivity index (χ3n) is 2.97. The number of hydrogen-bond donors (Lipinski definition) is 3. The average molecular weight is 261 g/mol. The molecule has 1 fully saturated rings. The Morgan fingerprint density at radius 2 is 2.17 bits per heavy atom. The Morgan fingerprint density at radius 1 is 1.50 bits per heavy atom. The molecule has 1 aliphatic heterocycles. The summed E-state index contributed by atoms with van der Waals surface area (Å²) in [6.45, 7) is 4.72. The van der Waals surface area contributed by atoms with E-state index in [-0.39, 0.29) is 12.3 Å². The molecule has 1 rings (SSSR count). The molecular formula is C12H23NO5. The predicted molar refractivity (Wildman–Crippen MR) is 64.8 cm³/mol. The van der Waals surface area contributed by atoms with Crippen molar-refractivity contribution in [2.45, 2.75) is 51.3 Å². The lowest BCUT2D eigenvalue weighted by Crippen LogP contribution is -2.53. The smallest absolute Gasteiger partial charge is 0.249 e. The number of hydrogen-bond acceptors (Lipinski definition) is 5. The number of nitrogens with one attached hydrogen (secondary N) is 1. The van der Waals surface area contributed by atoms with Crippen molar-refractivity contribution in [3.8, 4) is 0 Å². The predicted octanol–water partition coefficient (Wildman–Crippen LogP) is -0.368. The van der Waals surface area contributed by atoms with Gasteiger partial charge in [0.25, 0.3) is 0 Å². The number of amides is 1. The molecule has 0 aromatic heterocycles. The van der Waals surface area contributed by atoms with Crippen LogP contribution in [0.5, 0.6) is 0 Å². The third kappa shape index (κ3) is 4.20. The summed E-state index contributed by atoms with van der Waals surface area (Å²) in [5.41, 5.74) is 0. The van der Waals surface area contributed by atoms with Gasteiger partial charge in [0.1, 0.15) is 12.2 Å². The van der Waals surface area contributed by atoms with E-state index in [2.05, 4.69) is 19.2 Å². The van der Waals surface area contributed by atoms with Crippen molar-refractivity contribution in [2.24, 2.45) is 5.92 Å². The first kappa shape index (κ1) is 15.4. The number of carbonyl (C=O) groups excluding carboxylic acids is 1. The molecule has 4 unspecified atom stereocenters. The zero-order valence-corrected chi connectivity index (χ0v) is 11.1. The molecule has 18 heavy (non-hydrogen) atoms. The molecular weight excluding hydrogens is 238 g/mol. The van der Waals surface area contributed by atoms with E-state index in [1.54, 1.807) is 0 Å². The molecule has 6 nitrogen and oxygen atoms in total. The van der Waals surface area contributed by atoms with Gasteiger partial charge in [0, 0.05) is 20.1 Å². The zero-order chi connectivity index (χ0) is 13.7. The molecule has 0 bridgehead atoms. The quantitative estimate of drug-likeness (QED) is 0.628. The number of aliphatic hydroxyl groups excluding tert-OH is 2. The number of rotatable bonds is 5. The molecule has 6 heteroatoms. The highest BCUT2D eigenvalue weighted by Crippen LogP contribution is 2.21. The SMILES string of the molecule is COC1OC(C(=O)NCCC(C)C)CC(O)C1O. The lowest BCUT2D eigenvalue weighted by Gasteiger charge is -2.35. The van der Waals surface area contributed by atoms with Gasteiger partial charge < -0.3 is 25.0 Å². The van der Waals surface area contributed by atoms with Gasteiger partial charge in [-0.25, -0.2) is 0 Å².